The van der Waals surface area contributed by atoms with Crippen molar-refractivity contribution in [2.24, 2.45) is 5.41 Å². The zero-order valence-corrected chi connectivity index (χ0v) is 13.0. The standard InChI is InChI=1S/C18H22N2O2/c1-2-22-17(21)18(13-19)11-14-7-3-4-8-15(14)12-20-10-6-5-9-16(18)20/h3-4,7-8,16H,2,5-6,9-12H2,1H3. The number of nitriles is 1. The Bertz CT molecular complexity index is 607. The van der Waals surface area contributed by atoms with Gasteiger partial charge >= 0.3 is 5.97 Å². The second-order valence-corrected chi connectivity index (χ2v) is 6.23. The van der Waals surface area contributed by atoms with Crippen LogP contribution in [0.15, 0.2) is 24.3 Å². The van der Waals surface area contributed by atoms with Gasteiger partial charge in [0, 0.05) is 19.0 Å². The minimum absolute atomic E-state index is 0.0438. The van der Waals surface area contributed by atoms with Crippen LogP contribution >= 0.6 is 0 Å². The molecule has 2 heterocycles. The fourth-order valence-electron chi connectivity index (χ4n) is 3.89. The molecule has 0 bridgehead atoms. The summed E-state index contributed by atoms with van der Waals surface area (Å²) < 4.78 is 5.31. The SMILES string of the molecule is CCOC(=O)C1(C#N)Cc2ccccc2CN2CCCCC21. The Hall–Kier alpha value is -1.86. The molecule has 1 aromatic rings. The van der Waals surface area contributed by atoms with Crippen molar-refractivity contribution < 1.29 is 9.53 Å². The normalized spacial score (nSPS) is 27.9. The number of hydrogen-bond donors (Lipinski definition) is 0. The first-order chi connectivity index (χ1) is 10.7. The number of rotatable bonds is 2. The number of carbonyl (C=O) groups excluding carboxylic acids is 1. The van der Waals surface area contributed by atoms with Crippen LogP contribution in [-0.2, 0) is 22.5 Å². The number of esters is 1. The fourth-order valence-corrected chi connectivity index (χ4v) is 3.89. The molecule has 0 radical (unpaired) electrons. The van der Waals surface area contributed by atoms with Crippen LogP contribution in [0.25, 0.3) is 0 Å². The molecule has 1 aromatic carbocycles. The Balaban J connectivity index is 2.09. The first-order valence-electron chi connectivity index (χ1n) is 8.10. The van der Waals surface area contributed by atoms with Gasteiger partial charge in [0.05, 0.1) is 12.7 Å². The predicted octanol–water partition coefficient (Wildman–Crippen LogP) is 2.67. The summed E-state index contributed by atoms with van der Waals surface area (Å²) in [6.45, 7) is 3.88. The summed E-state index contributed by atoms with van der Waals surface area (Å²) in [5.74, 6) is -0.355. The summed E-state index contributed by atoms with van der Waals surface area (Å²) in [7, 11) is 0. The van der Waals surface area contributed by atoms with Gasteiger partial charge in [-0.2, -0.15) is 5.26 Å². The van der Waals surface area contributed by atoms with Crippen LogP contribution in [0.1, 0.15) is 37.3 Å². The van der Waals surface area contributed by atoms with Gasteiger partial charge in [-0.15, -0.1) is 0 Å². The molecule has 1 saturated heterocycles. The van der Waals surface area contributed by atoms with Crippen LogP contribution in [0.3, 0.4) is 0 Å². The lowest BCUT2D eigenvalue weighted by atomic mass is 9.73. The average molecular weight is 298 g/mol. The Labute approximate surface area is 131 Å². The lowest BCUT2D eigenvalue weighted by Gasteiger charge is -2.41. The van der Waals surface area contributed by atoms with Crippen LogP contribution in [0.4, 0.5) is 0 Å². The average Bonchev–Trinajstić information content (AvgIpc) is 2.69. The van der Waals surface area contributed by atoms with Gasteiger partial charge in [0.1, 0.15) is 0 Å². The fraction of sp³-hybridized carbons (Fsp3) is 0.556. The molecule has 0 aromatic heterocycles. The van der Waals surface area contributed by atoms with E-state index in [1.54, 1.807) is 6.92 Å². The van der Waals surface area contributed by atoms with Gasteiger partial charge < -0.3 is 4.74 Å². The summed E-state index contributed by atoms with van der Waals surface area (Å²) in [5, 5.41) is 9.95. The molecule has 0 saturated carbocycles. The molecule has 2 aliphatic heterocycles. The van der Waals surface area contributed by atoms with E-state index in [0.29, 0.717) is 13.0 Å². The number of benzene rings is 1. The van der Waals surface area contributed by atoms with Gasteiger partial charge in [-0.1, -0.05) is 30.7 Å². The minimum Gasteiger partial charge on any atom is -0.465 e. The van der Waals surface area contributed by atoms with E-state index in [1.165, 1.54) is 5.56 Å². The maximum atomic E-state index is 12.7. The summed E-state index contributed by atoms with van der Waals surface area (Å²) in [6, 6.07) is 10.5. The van der Waals surface area contributed by atoms with Gasteiger partial charge in [-0.3, -0.25) is 9.69 Å². The van der Waals surface area contributed by atoms with E-state index in [2.05, 4.69) is 17.0 Å². The molecular formula is C18H22N2O2. The van der Waals surface area contributed by atoms with Crippen molar-refractivity contribution in [3.05, 3.63) is 35.4 Å². The number of nitrogens with zero attached hydrogens (tertiary/aromatic N) is 2. The molecule has 2 aliphatic rings. The highest BCUT2D eigenvalue weighted by molar-refractivity contribution is 5.82. The third-order valence-corrected chi connectivity index (χ3v) is 4.98. The van der Waals surface area contributed by atoms with Gasteiger partial charge in [0.15, 0.2) is 5.41 Å². The third kappa shape index (κ3) is 2.40. The number of fused-ring (bicyclic) bond motifs is 2. The van der Waals surface area contributed by atoms with E-state index in [-0.39, 0.29) is 12.0 Å². The minimum atomic E-state index is -1.08. The lowest BCUT2D eigenvalue weighted by Crippen LogP contribution is -2.53. The molecule has 0 amide bonds. The van der Waals surface area contributed by atoms with Gasteiger partial charge in [0.2, 0.25) is 0 Å². The summed E-state index contributed by atoms with van der Waals surface area (Å²) in [4.78, 5) is 15.0. The molecule has 0 spiro atoms. The summed E-state index contributed by atoms with van der Waals surface area (Å²) in [5.41, 5.74) is 1.26. The van der Waals surface area contributed by atoms with Crippen LogP contribution in [0.2, 0.25) is 0 Å². The molecule has 116 valence electrons. The molecule has 2 unspecified atom stereocenters. The first-order valence-corrected chi connectivity index (χ1v) is 8.10. The Morgan fingerprint density at radius 2 is 2.18 bits per heavy atom. The van der Waals surface area contributed by atoms with Gasteiger partial charge in [-0.25, -0.2) is 0 Å². The summed E-state index contributed by atoms with van der Waals surface area (Å²) in [6.07, 6.45) is 3.55. The first kappa shape index (κ1) is 15.1. The van der Waals surface area contributed by atoms with Gasteiger partial charge in [0.25, 0.3) is 0 Å². The van der Waals surface area contributed by atoms with Crippen LogP contribution in [0, 0.1) is 16.7 Å². The molecule has 2 atom stereocenters. The second-order valence-electron chi connectivity index (χ2n) is 6.23. The molecule has 4 heteroatoms. The quantitative estimate of drug-likeness (QED) is 0.788. The van der Waals surface area contributed by atoms with Crippen LogP contribution < -0.4 is 0 Å². The number of carbonyl (C=O) groups is 1. The highest BCUT2D eigenvalue weighted by Crippen LogP contribution is 2.41. The monoisotopic (exact) mass is 298 g/mol. The van der Waals surface area contributed by atoms with E-state index in [4.69, 9.17) is 4.74 Å². The molecule has 3 rings (SSSR count). The van der Waals surface area contributed by atoms with Crippen molar-refractivity contribution in [2.45, 2.75) is 45.2 Å². The number of hydrogen-bond acceptors (Lipinski definition) is 4. The lowest BCUT2D eigenvalue weighted by molar-refractivity contribution is -0.156. The second kappa shape index (κ2) is 6.10. The molecule has 4 nitrogen and oxygen atoms in total. The van der Waals surface area contributed by atoms with E-state index in [1.807, 2.05) is 18.2 Å². The zero-order valence-electron chi connectivity index (χ0n) is 13.0. The molecule has 1 fully saturated rings. The molecule has 0 aliphatic carbocycles. The highest BCUT2D eigenvalue weighted by Gasteiger charge is 2.52. The van der Waals surface area contributed by atoms with E-state index >= 15 is 0 Å². The smallest absolute Gasteiger partial charge is 0.328 e. The Morgan fingerprint density at radius 3 is 2.91 bits per heavy atom. The van der Waals surface area contributed by atoms with Crippen LogP contribution in [0.5, 0.6) is 0 Å². The Morgan fingerprint density at radius 1 is 1.41 bits per heavy atom. The maximum Gasteiger partial charge on any atom is 0.328 e. The topological polar surface area (TPSA) is 53.3 Å². The Kier molecular flexibility index (Phi) is 4.17. The maximum absolute atomic E-state index is 12.7. The predicted molar refractivity (Wildman–Crippen MR) is 82.9 cm³/mol. The van der Waals surface area contributed by atoms with E-state index in [9.17, 15) is 10.1 Å². The van der Waals surface area contributed by atoms with Crippen molar-refractivity contribution in [1.29, 1.82) is 5.26 Å². The van der Waals surface area contributed by atoms with Crippen molar-refractivity contribution >= 4 is 5.97 Å². The van der Waals surface area contributed by atoms with Gasteiger partial charge in [-0.05, 0) is 37.4 Å². The van der Waals surface area contributed by atoms with Crippen LogP contribution in [-0.4, -0.2) is 30.1 Å². The van der Waals surface area contributed by atoms with Crippen molar-refractivity contribution in [3.8, 4) is 6.07 Å². The van der Waals surface area contributed by atoms with Crippen molar-refractivity contribution in [3.63, 3.8) is 0 Å². The third-order valence-electron chi connectivity index (χ3n) is 4.98. The van der Waals surface area contributed by atoms with E-state index in [0.717, 1.165) is 37.9 Å². The molecular weight excluding hydrogens is 276 g/mol. The highest BCUT2D eigenvalue weighted by atomic mass is 16.5. The van der Waals surface area contributed by atoms with Crippen molar-refractivity contribution in [2.75, 3.05) is 13.2 Å². The molecule has 0 N–H and O–H groups in total. The molecule has 22 heavy (non-hydrogen) atoms. The number of piperidine rings is 1. The largest absolute Gasteiger partial charge is 0.465 e. The van der Waals surface area contributed by atoms with E-state index < -0.39 is 5.41 Å². The zero-order chi connectivity index (χ0) is 15.6. The number of ether oxygens (including phenoxy) is 1. The summed E-state index contributed by atoms with van der Waals surface area (Å²) >= 11 is 0. The van der Waals surface area contributed by atoms with Crippen molar-refractivity contribution in [1.82, 2.24) is 4.90 Å².